The second kappa shape index (κ2) is 7.32. The van der Waals surface area contributed by atoms with E-state index < -0.39 is 23.3 Å². The maximum Gasteiger partial charge on any atom is 0.387 e. The summed E-state index contributed by atoms with van der Waals surface area (Å²) in [5.41, 5.74) is 0.318. The monoisotopic (exact) mass is 411 g/mol. The number of benzene rings is 3. The van der Waals surface area contributed by atoms with Gasteiger partial charge in [0.1, 0.15) is 5.75 Å². The molecule has 0 bridgehead atoms. The average Bonchev–Trinajstić information content (AvgIpc) is 2.72. The Balaban J connectivity index is 1.70. The fourth-order valence-corrected chi connectivity index (χ4v) is 3.15. The van der Waals surface area contributed by atoms with Gasteiger partial charge >= 0.3 is 6.61 Å². The Bertz CT molecular complexity index is 1230. The third kappa shape index (κ3) is 3.34. The number of non-ortho nitro benzene ring substituents is 1. The van der Waals surface area contributed by atoms with E-state index in [2.05, 4.69) is 9.84 Å². The summed E-state index contributed by atoms with van der Waals surface area (Å²) in [4.78, 5) is 36.2. The minimum absolute atomic E-state index is 0.00719. The topological polar surface area (TPSA) is 102 Å². The Hall–Kier alpha value is -4.21. The third-order valence-electron chi connectivity index (χ3n) is 4.45. The molecule has 8 nitrogen and oxygen atoms in total. The molecule has 2 amide bonds. The first-order valence-electron chi connectivity index (χ1n) is 8.54. The van der Waals surface area contributed by atoms with E-state index in [4.69, 9.17) is 0 Å². The molecule has 0 saturated carbocycles. The zero-order chi connectivity index (χ0) is 21.4. The van der Waals surface area contributed by atoms with Gasteiger partial charge in [-0.05, 0) is 41.3 Å². The number of ether oxygens (including phenoxy) is 1. The van der Waals surface area contributed by atoms with Crippen molar-refractivity contribution in [3.8, 4) is 5.75 Å². The van der Waals surface area contributed by atoms with E-state index >= 15 is 0 Å². The average molecular weight is 411 g/mol. The van der Waals surface area contributed by atoms with Gasteiger partial charge in [-0.1, -0.05) is 12.1 Å². The molecule has 3 aromatic rings. The molecule has 30 heavy (non-hydrogen) atoms. The molecular formula is C20H11F2N3O5. The van der Waals surface area contributed by atoms with E-state index in [0.717, 1.165) is 6.07 Å². The van der Waals surface area contributed by atoms with Gasteiger partial charge in [0.15, 0.2) is 0 Å². The fourth-order valence-electron chi connectivity index (χ4n) is 3.15. The highest BCUT2D eigenvalue weighted by Gasteiger charge is 2.34. The van der Waals surface area contributed by atoms with Crippen molar-refractivity contribution in [2.75, 3.05) is 0 Å². The van der Waals surface area contributed by atoms with Crippen LogP contribution in [0.25, 0.3) is 10.8 Å². The van der Waals surface area contributed by atoms with Gasteiger partial charge in [-0.25, -0.2) is 0 Å². The van der Waals surface area contributed by atoms with Crippen LogP contribution in [-0.2, 0) is 0 Å². The van der Waals surface area contributed by atoms with E-state index in [1.54, 1.807) is 12.1 Å². The van der Waals surface area contributed by atoms with Gasteiger partial charge in [-0.2, -0.15) is 18.9 Å². The number of hydrogen-bond acceptors (Lipinski definition) is 6. The summed E-state index contributed by atoms with van der Waals surface area (Å²) < 4.78 is 28.7. The first-order chi connectivity index (χ1) is 14.3. The van der Waals surface area contributed by atoms with Gasteiger partial charge in [0.25, 0.3) is 17.5 Å². The van der Waals surface area contributed by atoms with E-state index in [-0.39, 0.29) is 22.6 Å². The molecular weight excluding hydrogens is 400 g/mol. The SMILES string of the molecule is O=C1c2cccc3cc([N+](=O)[O-])cc(c23)C(=O)N1/N=C\c1ccc(OC(F)F)cc1. The number of nitro groups is 1. The molecule has 0 radical (unpaired) electrons. The number of halogens is 2. The second-order valence-corrected chi connectivity index (χ2v) is 6.27. The van der Waals surface area contributed by atoms with Gasteiger partial charge in [0.05, 0.1) is 22.3 Å². The van der Waals surface area contributed by atoms with Crippen molar-refractivity contribution in [1.29, 1.82) is 0 Å². The Labute approximate surface area is 167 Å². The van der Waals surface area contributed by atoms with Crippen LogP contribution in [0.5, 0.6) is 5.75 Å². The van der Waals surface area contributed by atoms with Gasteiger partial charge in [-0.15, -0.1) is 0 Å². The van der Waals surface area contributed by atoms with E-state index in [0.29, 0.717) is 21.3 Å². The van der Waals surface area contributed by atoms with Crippen LogP contribution < -0.4 is 4.74 Å². The molecule has 0 saturated heterocycles. The van der Waals surface area contributed by atoms with Crippen molar-refractivity contribution in [3.05, 3.63) is 81.4 Å². The highest BCUT2D eigenvalue weighted by Crippen LogP contribution is 2.33. The number of nitro benzene ring substituents is 1. The molecule has 0 fully saturated rings. The minimum atomic E-state index is -2.96. The largest absolute Gasteiger partial charge is 0.435 e. The predicted octanol–water partition coefficient (Wildman–Crippen LogP) is 3.98. The zero-order valence-corrected chi connectivity index (χ0v) is 15.0. The Kier molecular flexibility index (Phi) is 4.66. The van der Waals surface area contributed by atoms with Crippen LogP contribution in [0.15, 0.2) is 59.7 Å². The van der Waals surface area contributed by atoms with Crippen LogP contribution in [-0.4, -0.2) is 34.6 Å². The van der Waals surface area contributed by atoms with Crippen molar-refractivity contribution >= 4 is 34.5 Å². The summed E-state index contributed by atoms with van der Waals surface area (Å²) in [7, 11) is 0. The lowest BCUT2D eigenvalue weighted by molar-refractivity contribution is -0.384. The number of hydrogen-bond donors (Lipinski definition) is 0. The van der Waals surface area contributed by atoms with Crippen LogP contribution in [0.2, 0.25) is 0 Å². The van der Waals surface area contributed by atoms with Crippen LogP contribution in [0.4, 0.5) is 14.5 Å². The van der Waals surface area contributed by atoms with Crippen molar-refractivity contribution in [3.63, 3.8) is 0 Å². The number of hydrazone groups is 1. The smallest absolute Gasteiger partial charge is 0.387 e. The van der Waals surface area contributed by atoms with Crippen molar-refractivity contribution in [2.24, 2.45) is 5.10 Å². The van der Waals surface area contributed by atoms with Crippen LogP contribution >= 0.6 is 0 Å². The van der Waals surface area contributed by atoms with Gasteiger partial charge in [0.2, 0.25) is 0 Å². The summed E-state index contributed by atoms with van der Waals surface area (Å²) in [6.45, 7) is -2.96. The lowest BCUT2D eigenvalue weighted by Crippen LogP contribution is -2.36. The summed E-state index contributed by atoms with van der Waals surface area (Å²) in [5, 5.41) is 16.5. The predicted molar refractivity (Wildman–Crippen MR) is 102 cm³/mol. The summed E-state index contributed by atoms with van der Waals surface area (Å²) in [6, 6.07) is 12.5. The lowest BCUT2D eigenvalue weighted by atomic mass is 9.94. The molecule has 3 aromatic carbocycles. The highest BCUT2D eigenvalue weighted by atomic mass is 19.3. The summed E-state index contributed by atoms with van der Waals surface area (Å²) in [5.74, 6) is -1.54. The van der Waals surface area contributed by atoms with Crippen LogP contribution in [0, 0.1) is 10.1 Å². The molecule has 0 unspecified atom stereocenters. The van der Waals surface area contributed by atoms with Crippen LogP contribution in [0.1, 0.15) is 26.3 Å². The Morgan fingerprint density at radius 2 is 1.73 bits per heavy atom. The normalized spacial score (nSPS) is 13.5. The number of nitrogens with zero attached hydrogens (tertiary/aromatic N) is 3. The molecule has 1 aliphatic rings. The molecule has 1 aliphatic heterocycles. The number of amides is 2. The zero-order valence-electron chi connectivity index (χ0n) is 15.0. The fraction of sp³-hybridized carbons (Fsp3) is 0.0500. The van der Waals surface area contributed by atoms with Crippen molar-refractivity contribution in [1.82, 2.24) is 5.01 Å². The summed E-state index contributed by atoms with van der Waals surface area (Å²) in [6.07, 6.45) is 1.20. The molecule has 0 aliphatic carbocycles. The number of rotatable bonds is 5. The van der Waals surface area contributed by atoms with Gasteiger partial charge < -0.3 is 4.74 Å². The number of alkyl halides is 2. The maximum absolute atomic E-state index is 12.9. The Morgan fingerprint density at radius 3 is 2.40 bits per heavy atom. The molecule has 0 N–H and O–H groups in total. The van der Waals surface area contributed by atoms with E-state index in [1.807, 2.05) is 0 Å². The maximum atomic E-state index is 12.9. The molecule has 150 valence electrons. The molecule has 0 spiro atoms. The standard InChI is InChI=1S/C20H11F2N3O5/c21-20(22)30-14-6-4-11(5-7-14)10-23-24-18(26)15-3-1-2-12-8-13(25(28)29)9-16(17(12)15)19(24)27/h1-10,20H/b23-10-. The first-order valence-corrected chi connectivity index (χ1v) is 8.54. The van der Waals surface area contributed by atoms with E-state index in [1.165, 1.54) is 42.6 Å². The second-order valence-electron chi connectivity index (χ2n) is 6.27. The first kappa shape index (κ1) is 19.1. The van der Waals surface area contributed by atoms with Crippen molar-refractivity contribution in [2.45, 2.75) is 6.61 Å². The lowest BCUT2D eigenvalue weighted by Gasteiger charge is -2.22. The van der Waals surface area contributed by atoms with Crippen LogP contribution in [0.3, 0.4) is 0 Å². The number of imide groups is 1. The molecule has 1 heterocycles. The van der Waals surface area contributed by atoms with Gasteiger partial charge in [0, 0.05) is 17.5 Å². The molecule has 0 aromatic heterocycles. The molecule has 4 rings (SSSR count). The minimum Gasteiger partial charge on any atom is -0.435 e. The van der Waals surface area contributed by atoms with E-state index in [9.17, 15) is 28.5 Å². The van der Waals surface area contributed by atoms with Crippen molar-refractivity contribution < 1.29 is 28.0 Å². The third-order valence-corrected chi connectivity index (χ3v) is 4.45. The Morgan fingerprint density at radius 1 is 1.03 bits per heavy atom. The highest BCUT2D eigenvalue weighted by molar-refractivity contribution is 6.25. The number of carbonyl (C=O) groups is 2. The van der Waals surface area contributed by atoms with Gasteiger partial charge in [-0.3, -0.25) is 19.7 Å². The summed E-state index contributed by atoms with van der Waals surface area (Å²) >= 11 is 0. The number of carbonyl (C=O) groups excluding carboxylic acids is 2. The quantitative estimate of drug-likeness (QED) is 0.274. The molecule has 0 atom stereocenters. The molecule has 10 heteroatoms.